The average molecular weight is 429 g/mol. The molecule has 1 unspecified atom stereocenters. The van der Waals surface area contributed by atoms with Crippen LogP contribution in [0.15, 0.2) is 40.9 Å². The molecule has 10 heteroatoms. The van der Waals surface area contributed by atoms with Gasteiger partial charge in [-0.1, -0.05) is 17.3 Å². The Kier molecular flexibility index (Phi) is 6.49. The summed E-state index contributed by atoms with van der Waals surface area (Å²) < 4.78 is 34.7. The number of methoxy groups -OCH3 is 1. The van der Waals surface area contributed by atoms with E-state index in [1.165, 1.54) is 31.4 Å². The molecule has 0 radical (unpaired) electrons. The average Bonchev–Trinajstić information content (AvgIpc) is 3.24. The molecule has 0 spiro atoms. The van der Waals surface area contributed by atoms with Crippen molar-refractivity contribution in [2.75, 3.05) is 13.7 Å². The lowest BCUT2D eigenvalue weighted by atomic mass is 10.1. The zero-order chi connectivity index (χ0) is 22.5. The SMILES string of the molecule is COc1cc(C(=O)OC(C)c2nc(-c3ccc(C)c(F)c3)no2)ccc1OCC(N)=O. The lowest BCUT2D eigenvalue weighted by Gasteiger charge is -2.12. The number of hydrogen-bond acceptors (Lipinski definition) is 8. The summed E-state index contributed by atoms with van der Waals surface area (Å²) >= 11 is 0. The van der Waals surface area contributed by atoms with E-state index in [1.807, 2.05) is 0 Å². The number of benzene rings is 2. The summed E-state index contributed by atoms with van der Waals surface area (Å²) in [4.78, 5) is 27.5. The molecule has 31 heavy (non-hydrogen) atoms. The summed E-state index contributed by atoms with van der Waals surface area (Å²) in [5.41, 5.74) is 6.17. The Hall–Kier alpha value is -3.95. The first-order valence-electron chi connectivity index (χ1n) is 9.18. The van der Waals surface area contributed by atoms with Crippen LogP contribution in [0.25, 0.3) is 11.4 Å². The van der Waals surface area contributed by atoms with Crippen molar-refractivity contribution in [3.8, 4) is 22.9 Å². The monoisotopic (exact) mass is 429 g/mol. The van der Waals surface area contributed by atoms with Crippen molar-refractivity contribution in [1.82, 2.24) is 10.1 Å². The van der Waals surface area contributed by atoms with Gasteiger partial charge >= 0.3 is 5.97 Å². The van der Waals surface area contributed by atoms with Crippen LogP contribution in [0, 0.1) is 12.7 Å². The van der Waals surface area contributed by atoms with E-state index in [0.717, 1.165) is 0 Å². The minimum atomic E-state index is -0.860. The normalized spacial score (nSPS) is 11.6. The van der Waals surface area contributed by atoms with Gasteiger partial charge in [0.2, 0.25) is 5.82 Å². The maximum Gasteiger partial charge on any atom is 0.339 e. The zero-order valence-corrected chi connectivity index (χ0v) is 17.0. The third kappa shape index (κ3) is 5.16. The van der Waals surface area contributed by atoms with Gasteiger partial charge in [0.15, 0.2) is 24.2 Å². The first kappa shape index (κ1) is 21.8. The first-order valence-corrected chi connectivity index (χ1v) is 9.18. The van der Waals surface area contributed by atoms with Crippen LogP contribution in [0.2, 0.25) is 0 Å². The van der Waals surface area contributed by atoms with E-state index in [0.29, 0.717) is 11.1 Å². The number of amides is 1. The number of primary amides is 1. The highest BCUT2D eigenvalue weighted by molar-refractivity contribution is 5.90. The number of ether oxygens (including phenoxy) is 3. The van der Waals surface area contributed by atoms with Gasteiger partial charge in [-0.15, -0.1) is 0 Å². The quantitative estimate of drug-likeness (QED) is 0.542. The predicted octanol–water partition coefficient (Wildman–Crippen LogP) is 2.97. The fraction of sp³-hybridized carbons (Fsp3) is 0.238. The van der Waals surface area contributed by atoms with Crippen LogP contribution in [0.3, 0.4) is 0 Å². The molecule has 1 aromatic heterocycles. The minimum absolute atomic E-state index is 0.0534. The summed E-state index contributed by atoms with van der Waals surface area (Å²) in [7, 11) is 1.39. The van der Waals surface area contributed by atoms with Crippen molar-refractivity contribution in [2.45, 2.75) is 20.0 Å². The molecule has 0 saturated carbocycles. The molecule has 3 rings (SSSR count). The van der Waals surface area contributed by atoms with E-state index in [2.05, 4.69) is 10.1 Å². The van der Waals surface area contributed by atoms with Gasteiger partial charge in [0, 0.05) is 5.56 Å². The Bertz CT molecular complexity index is 1110. The lowest BCUT2D eigenvalue weighted by molar-refractivity contribution is -0.119. The van der Waals surface area contributed by atoms with Crippen molar-refractivity contribution in [1.29, 1.82) is 0 Å². The number of halogens is 1. The summed E-state index contributed by atoms with van der Waals surface area (Å²) in [6.45, 7) is 2.88. The number of carbonyl (C=O) groups is 2. The Morgan fingerprint density at radius 2 is 1.97 bits per heavy atom. The van der Waals surface area contributed by atoms with Gasteiger partial charge in [-0.3, -0.25) is 4.79 Å². The van der Waals surface area contributed by atoms with Crippen molar-refractivity contribution >= 4 is 11.9 Å². The summed E-state index contributed by atoms with van der Waals surface area (Å²) in [5, 5.41) is 3.81. The highest BCUT2D eigenvalue weighted by atomic mass is 19.1. The van der Waals surface area contributed by atoms with E-state index in [1.54, 1.807) is 26.0 Å². The molecule has 2 N–H and O–H groups in total. The molecule has 0 bridgehead atoms. The van der Waals surface area contributed by atoms with Crippen molar-refractivity contribution in [3.05, 3.63) is 59.2 Å². The van der Waals surface area contributed by atoms with Gasteiger partial charge in [-0.25, -0.2) is 9.18 Å². The second-order valence-corrected chi connectivity index (χ2v) is 6.59. The second-order valence-electron chi connectivity index (χ2n) is 6.59. The maximum atomic E-state index is 13.8. The highest BCUT2D eigenvalue weighted by Crippen LogP contribution is 2.29. The molecule has 1 amide bonds. The van der Waals surface area contributed by atoms with Crippen LogP contribution in [-0.2, 0) is 9.53 Å². The predicted molar refractivity (Wildman–Crippen MR) is 106 cm³/mol. The minimum Gasteiger partial charge on any atom is -0.493 e. The van der Waals surface area contributed by atoms with E-state index in [9.17, 15) is 14.0 Å². The van der Waals surface area contributed by atoms with Crippen LogP contribution in [0.5, 0.6) is 11.5 Å². The third-order valence-electron chi connectivity index (χ3n) is 4.27. The zero-order valence-electron chi connectivity index (χ0n) is 17.0. The van der Waals surface area contributed by atoms with E-state index >= 15 is 0 Å². The highest BCUT2D eigenvalue weighted by Gasteiger charge is 2.21. The molecule has 0 fully saturated rings. The maximum absolute atomic E-state index is 13.8. The Labute approximate surface area is 176 Å². The molecular weight excluding hydrogens is 409 g/mol. The third-order valence-corrected chi connectivity index (χ3v) is 4.27. The molecule has 0 aliphatic rings. The number of nitrogens with zero attached hydrogens (tertiary/aromatic N) is 2. The number of nitrogens with two attached hydrogens (primary N) is 1. The molecule has 0 saturated heterocycles. The van der Waals surface area contributed by atoms with Gasteiger partial charge in [-0.05, 0) is 43.7 Å². The topological polar surface area (TPSA) is 127 Å². The summed E-state index contributed by atoms with van der Waals surface area (Å²) in [6.07, 6.45) is -0.860. The molecule has 0 aliphatic heterocycles. The fourth-order valence-corrected chi connectivity index (χ4v) is 2.59. The van der Waals surface area contributed by atoms with Gasteiger partial charge in [0.05, 0.1) is 12.7 Å². The lowest BCUT2D eigenvalue weighted by Crippen LogP contribution is -2.20. The van der Waals surface area contributed by atoms with Crippen LogP contribution in [-0.4, -0.2) is 35.7 Å². The summed E-state index contributed by atoms with van der Waals surface area (Å²) in [5.74, 6) is -1.00. The molecular formula is C21H20FN3O6. The van der Waals surface area contributed by atoms with Crippen molar-refractivity contribution in [2.24, 2.45) is 5.73 Å². The number of rotatable bonds is 8. The number of carbonyl (C=O) groups excluding carboxylic acids is 2. The van der Waals surface area contributed by atoms with Crippen LogP contribution in [0.1, 0.15) is 34.8 Å². The van der Waals surface area contributed by atoms with Gasteiger partial charge in [-0.2, -0.15) is 4.98 Å². The van der Waals surface area contributed by atoms with Gasteiger partial charge in [0.25, 0.3) is 11.8 Å². The first-order chi connectivity index (χ1) is 14.8. The van der Waals surface area contributed by atoms with Crippen LogP contribution >= 0.6 is 0 Å². The van der Waals surface area contributed by atoms with Crippen LogP contribution < -0.4 is 15.2 Å². The molecule has 162 valence electrons. The second kappa shape index (κ2) is 9.24. The Balaban J connectivity index is 1.71. The molecule has 1 atom stereocenters. The number of aromatic nitrogens is 2. The number of aryl methyl sites for hydroxylation is 1. The molecule has 1 heterocycles. The van der Waals surface area contributed by atoms with Gasteiger partial charge in [0.1, 0.15) is 5.82 Å². The fourth-order valence-electron chi connectivity index (χ4n) is 2.59. The van der Waals surface area contributed by atoms with Crippen molar-refractivity contribution < 1.29 is 32.7 Å². The van der Waals surface area contributed by atoms with E-state index < -0.39 is 18.0 Å². The molecule has 9 nitrogen and oxygen atoms in total. The molecule has 3 aromatic rings. The van der Waals surface area contributed by atoms with E-state index in [-0.39, 0.29) is 41.2 Å². The Morgan fingerprint density at radius 1 is 1.19 bits per heavy atom. The molecule has 0 aliphatic carbocycles. The smallest absolute Gasteiger partial charge is 0.339 e. The largest absolute Gasteiger partial charge is 0.493 e. The van der Waals surface area contributed by atoms with Crippen LogP contribution in [0.4, 0.5) is 4.39 Å². The van der Waals surface area contributed by atoms with Crippen molar-refractivity contribution in [3.63, 3.8) is 0 Å². The van der Waals surface area contributed by atoms with Gasteiger partial charge < -0.3 is 24.5 Å². The molecule has 2 aromatic carbocycles. The Morgan fingerprint density at radius 3 is 2.65 bits per heavy atom. The number of hydrogen-bond donors (Lipinski definition) is 1. The summed E-state index contributed by atoms with van der Waals surface area (Å²) in [6, 6.07) is 8.88. The number of esters is 1. The van der Waals surface area contributed by atoms with E-state index in [4.69, 9.17) is 24.5 Å². The standard InChI is InChI=1S/C21H20FN3O6/c1-11-4-5-13(8-15(11)22)19-24-20(31-25-19)12(2)30-21(27)14-6-7-16(17(9-14)28-3)29-10-18(23)26/h4-9,12H,10H2,1-3H3,(H2,23,26).